The molecule has 2 fully saturated rings. The second kappa shape index (κ2) is 13.3. The van der Waals surface area contributed by atoms with Crippen LogP contribution >= 0.6 is 23.2 Å². The van der Waals surface area contributed by atoms with Gasteiger partial charge in [-0.15, -0.1) is 23.2 Å². The number of Topliss-reactive ketones (excluding diaryl/α,β-unsaturated/α-hetero) is 1. The molecule has 0 radical (unpaired) electrons. The van der Waals surface area contributed by atoms with Gasteiger partial charge >= 0.3 is 5.97 Å². The number of fused-ring (bicyclic) bond motifs is 5. The third-order valence-corrected chi connectivity index (χ3v) is 11.6. The van der Waals surface area contributed by atoms with Crippen LogP contribution in [-0.2, 0) is 25.5 Å². The summed E-state index contributed by atoms with van der Waals surface area (Å²) in [7, 11) is 0. The van der Waals surface area contributed by atoms with E-state index in [1.807, 2.05) is 37.3 Å². The molecule has 9 heteroatoms. The van der Waals surface area contributed by atoms with E-state index in [2.05, 4.69) is 17.9 Å². The highest BCUT2D eigenvalue weighted by Gasteiger charge is 2.68. The van der Waals surface area contributed by atoms with Gasteiger partial charge in [0.1, 0.15) is 5.60 Å². The Morgan fingerprint density at radius 1 is 1.11 bits per heavy atom. The summed E-state index contributed by atoms with van der Waals surface area (Å²) in [6.45, 7) is 4.98. The number of rotatable bonds is 12. The first-order chi connectivity index (χ1) is 21.0. The number of aliphatic hydroxyl groups excluding tert-OH is 1. The Balaban J connectivity index is 1.15. The summed E-state index contributed by atoms with van der Waals surface area (Å²) >= 11 is 11.8. The van der Waals surface area contributed by atoms with Crippen molar-refractivity contribution in [2.45, 2.75) is 76.9 Å². The van der Waals surface area contributed by atoms with E-state index < -0.39 is 40.9 Å². The standard InChI is InChI=1S/C35H45Cl2NO6/c1-33-14-12-26(39)20-24(33)8-11-27-28-13-15-35(43,34(28,2)21-29(40)32(27)33)30(41)22-44-31(42)5-3-4-23-6-9-25(10-7-23)38(18-16-36)19-17-37/h6-10,12,14,27-29,32,40,43H,3-5,11,13,15-22H2,1-2H3/t27-,28-,29-,32?,33-,34-,35-/m1/s1. The molecule has 5 rings (SSSR count). The van der Waals surface area contributed by atoms with E-state index in [0.717, 1.165) is 23.2 Å². The summed E-state index contributed by atoms with van der Waals surface area (Å²) in [5.41, 5.74) is 0.304. The number of hydrogen-bond donors (Lipinski definition) is 2. The van der Waals surface area contributed by atoms with Crippen molar-refractivity contribution in [1.82, 2.24) is 0 Å². The van der Waals surface area contributed by atoms with Crippen LogP contribution in [0.2, 0.25) is 0 Å². The molecule has 4 aliphatic rings. The van der Waals surface area contributed by atoms with Gasteiger partial charge in [0.25, 0.3) is 0 Å². The van der Waals surface area contributed by atoms with E-state index in [9.17, 15) is 24.6 Å². The molecule has 2 saturated carbocycles. The van der Waals surface area contributed by atoms with Gasteiger partial charge in [-0.25, -0.2) is 0 Å². The lowest BCUT2D eigenvalue weighted by Crippen LogP contribution is -2.61. The molecule has 0 aromatic heterocycles. The van der Waals surface area contributed by atoms with E-state index in [4.69, 9.17) is 27.9 Å². The maximum Gasteiger partial charge on any atom is 0.306 e. The lowest BCUT2D eigenvalue weighted by Gasteiger charge is -2.58. The van der Waals surface area contributed by atoms with Gasteiger partial charge in [-0.3, -0.25) is 14.4 Å². The minimum absolute atomic E-state index is 0.0320. The summed E-state index contributed by atoms with van der Waals surface area (Å²) in [6.07, 6.45) is 8.78. The number of halogens is 2. The normalized spacial score (nSPS) is 34.0. The Morgan fingerprint density at radius 2 is 1.82 bits per heavy atom. The smallest absolute Gasteiger partial charge is 0.306 e. The fourth-order valence-electron chi connectivity index (χ4n) is 8.92. The highest BCUT2D eigenvalue weighted by molar-refractivity contribution is 6.18. The molecule has 0 heterocycles. The first-order valence-electron chi connectivity index (χ1n) is 15.9. The number of ketones is 2. The van der Waals surface area contributed by atoms with Gasteiger partial charge in [0.15, 0.2) is 12.4 Å². The molecule has 0 spiro atoms. The monoisotopic (exact) mass is 645 g/mol. The average molecular weight is 647 g/mol. The van der Waals surface area contributed by atoms with Gasteiger partial charge < -0.3 is 19.8 Å². The molecule has 7 nitrogen and oxygen atoms in total. The van der Waals surface area contributed by atoms with Crippen molar-refractivity contribution < 1.29 is 29.3 Å². The van der Waals surface area contributed by atoms with Gasteiger partial charge in [-0.05, 0) is 74.1 Å². The fraction of sp³-hybridized carbons (Fsp3) is 0.629. The number of anilines is 1. The molecule has 4 aliphatic carbocycles. The maximum absolute atomic E-state index is 13.5. The second-order valence-corrected chi connectivity index (χ2v) is 14.3. The van der Waals surface area contributed by atoms with Gasteiger partial charge in [-0.1, -0.05) is 43.7 Å². The summed E-state index contributed by atoms with van der Waals surface area (Å²) in [6, 6.07) is 8.12. The van der Waals surface area contributed by atoms with Crippen LogP contribution < -0.4 is 4.90 Å². The highest BCUT2D eigenvalue weighted by atomic mass is 35.5. The van der Waals surface area contributed by atoms with E-state index in [-0.39, 0.29) is 42.8 Å². The largest absolute Gasteiger partial charge is 0.458 e. The molecule has 1 unspecified atom stereocenters. The Labute approximate surface area is 270 Å². The van der Waals surface area contributed by atoms with Crippen LogP contribution in [0.5, 0.6) is 0 Å². The van der Waals surface area contributed by atoms with Crippen molar-refractivity contribution in [2.24, 2.45) is 28.6 Å². The molecule has 0 amide bonds. The third kappa shape index (κ3) is 6.02. The molecular weight excluding hydrogens is 601 g/mol. The number of esters is 1. The molecule has 44 heavy (non-hydrogen) atoms. The summed E-state index contributed by atoms with van der Waals surface area (Å²) in [4.78, 5) is 40.3. The van der Waals surface area contributed by atoms with Crippen LogP contribution in [0.1, 0.15) is 64.4 Å². The average Bonchev–Trinajstić information content (AvgIpc) is 3.27. The minimum atomic E-state index is -1.67. The number of ether oxygens (including phenoxy) is 1. The van der Waals surface area contributed by atoms with Gasteiger partial charge in [-0.2, -0.15) is 0 Å². The molecule has 2 N–H and O–H groups in total. The first kappa shape index (κ1) is 33.2. The molecule has 240 valence electrons. The zero-order valence-electron chi connectivity index (χ0n) is 25.8. The number of benzene rings is 1. The summed E-state index contributed by atoms with van der Waals surface area (Å²) in [5.74, 6) is 0.200. The highest BCUT2D eigenvalue weighted by Crippen LogP contribution is 2.66. The number of carbonyl (C=O) groups excluding carboxylic acids is 3. The van der Waals surface area contributed by atoms with Crippen molar-refractivity contribution in [2.75, 3.05) is 36.4 Å². The van der Waals surface area contributed by atoms with E-state index in [1.165, 1.54) is 0 Å². The van der Waals surface area contributed by atoms with Gasteiger partial charge in [0, 0.05) is 60.1 Å². The number of aryl methyl sites for hydroxylation is 1. The van der Waals surface area contributed by atoms with Crippen LogP contribution in [0.3, 0.4) is 0 Å². The van der Waals surface area contributed by atoms with E-state index >= 15 is 0 Å². The molecule has 0 saturated heterocycles. The van der Waals surface area contributed by atoms with Gasteiger partial charge in [0.05, 0.1) is 6.10 Å². The Morgan fingerprint density at radius 3 is 2.50 bits per heavy atom. The molecule has 0 aliphatic heterocycles. The van der Waals surface area contributed by atoms with Crippen molar-refractivity contribution in [1.29, 1.82) is 0 Å². The van der Waals surface area contributed by atoms with Crippen LogP contribution in [0.25, 0.3) is 0 Å². The topological polar surface area (TPSA) is 104 Å². The number of nitrogens with zero attached hydrogens (tertiary/aromatic N) is 1. The predicted octanol–water partition coefficient (Wildman–Crippen LogP) is 5.42. The minimum Gasteiger partial charge on any atom is -0.458 e. The van der Waals surface area contributed by atoms with Crippen LogP contribution in [0.4, 0.5) is 5.69 Å². The first-order valence-corrected chi connectivity index (χ1v) is 17.0. The Hall–Kier alpha value is -2.19. The lowest BCUT2D eigenvalue weighted by atomic mass is 9.47. The summed E-state index contributed by atoms with van der Waals surface area (Å²) in [5, 5.41) is 23.4. The third-order valence-electron chi connectivity index (χ3n) is 11.3. The van der Waals surface area contributed by atoms with Crippen molar-refractivity contribution in [3.63, 3.8) is 0 Å². The van der Waals surface area contributed by atoms with Crippen LogP contribution in [-0.4, -0.2) is 70.9 Å². The number of hydrogen-bond acceptors (Lipinski definition) is 7. The molecule has 1 aromatic rings. The lowest BCUT2D eigenvalue weighted by molar-refractivity contribution is -0.179. The molecule has 0 bridgehead atoms. The predicted molar refractivity (Wildman–Crippen MR) is 172 cm³/mol. The van der Waals surface area contributed by atoms with Crippen molar-refractivity contribution in [3.8, 4) is 0 Å². The van der Waals surface area contributed by atoms with Crippen LogP contribution in [0.15, 0.2) is 48.1 Å². The molecule has 1 aromatic carbocycles. The fourth-order valence-corrected chi connectivity index (χ4v) is 9.33. The quantitative estimate of drug-likeness (QED) is 0.178. The molecule has 7 atom stereocenters. The number of aliphatic hydroxyl groups is 2. The number of alkyl halides is 2. The number of carbonyl (C=O) groups is 3. The zero-order chi connectivity index (χ0) is 31.7. The maximum atomic E-state index is 13.5. The van der Waals surface area contributed by atoms with Crippen molar-refractivity contribution in [3.05, 3.63) is 53.6 Å². The molecular formula is C35H45Cl2NO6. The second-order valence-electron chi connectivity index (χ2n) is 13.6. The summed E-state index contributed by atoms with van der Waals surface area (Å²) < 4.78 is 5.39. The van der Waals surface area contributed by atoms with E-state index in [1.54, 1.807) is 6.08 Å². The Bertz CT molecular complexity index is 1310. The van der Waals surface area contributed by atoms with E-state index in [0.29, 0.717) is 50.5 Å². The zero-order valence-corrected chi connectivity index (χ0v) is 27.3. The number of allylic oxidation sites excluding steroid dienone is 4. The van der Waals surface area contributed by atoms with Gasteiger partial charge in [0.2, 0.25) is 5.78 Å². The van der Waals surface area contributed by atoms with Crippen LogP contribution in [0, 0.1) is 28.6 Å². The van der Waals surface area contributed by atoms with Crippen molar-refractivity contribution >= 4 is 46.4 Å². The Kier molecular flexibility index (Phi) is 10.0. The SMILES string of the molecule is C[C@@]12C=CC(=O)CC1=CC[C@H]1C2[C@H](O)C[C@]2(C)[C@@H]1CC[C@@]2(O)C(=O)COC(=O)CCCc1ccc(N(CCCl)CCCl)cc1.